The van der Waals surface area contributed by atoms with Gasteiger partial charge in [-0.2, -0.15) is 18.2 Å². The average molecular weight is 468 g/mol. The lowest BCUT2D eigenvalue weighted by Crippen LogP contribution is -2.46. The van der Waals surface area contributed by atoms with E-state index >= 15 is 0 Å². The minimum atomic E-state index is -4.41. The van der Waals surface area contributed by atoms with Gasteiger partial charge in [-0.25, -0.2) is 4.98 Å². The van der Waals surface area contributed by atoms with E-state index in [1.165, 1.54) is 12.1 Å². The van der Waals surface area contributed by atoms with Crippen LogP contribution in [0.5, 0.6) is 0 Å². The normalized spacial score (nSPS) is 15.7. The number of rotatable bonds is 4. The highest BCUT2D eigenvalue weighted by molar-refractivity contribution is 9.10. The molecule has 0 unspecified atom stereocenters. The third kappa shape index (κ3) is 4.76. The van der Waals surface area contributed by atoms with Crippen molar-refractivity contribution in [3.05, 3.63) is 58.5 Å². The lowest BCUT2D eigenvalue weighted by Gasteiger charge is -2.34. The van der Waals surface area contributed by atoms with Gasteiger partial charge in [-0.15, -0.1) is 0 Å². The summed E-state index contributed by atoms with van der Waals surface area (Å²) in [6, 6.07) is 8.85. The van der Waals surface area contributed by atoms with Crippen molar-refractivity contribution in [2.24, 2.45) is 0 Å². The molecule has 3 aromatic rings. The van der Waals surface area contributed by atoms with E-state index in [0.29, 0.717) is 12.4 Å². The van der Waals surface area contributed by atoms with Crippen LogP contribution in [0.3, 0.4) is 0 Å². The maximum atomic E-state index is 12.9. The van der Waals surface area contributed by atoms with Crippen molar-refractivity contribution in [3.63, 3.8) is 0 Å². The van der Waals surface area contributed by atoms with Crippen molar-refractivity contribution < 1.29 is 17.7 Å². The van der Waals surface area contributed by atoms with Crippen LogP contribution in [-0.4, -0.2) is 46.2 Å². The first-order valence-corrected chi connectivity index (χ1v) is 9.77. The average Bonchev–Trinajstić information content (AvgIpc) is 3.17. The highest BCUT2D eigenvalue weighted by atomic mass is 79.9. The van der Waals surface area contributed by atoms with Crippen LogP contribution in [0.2, 0.25) is 0 Å². The largest absolute Gasteiger partial charge is 0.416 e. The second kappa shape index (κ2) is 8.11. The quantitative estimate of drug-likeness (QED) is 0.571. The molecular weight excluding hydrogens is 451 g/mol. The van der Waals surface area contributed by atoms with Gasteiger partial charge in [-0.05, 0) is 40.2 Å². The van der Waals surface area contributed by atoms with Crippen LogP contribution in [0.25, 0.3) is 11.4 Å². The highest BCUT2D eigenvalue weighted by Crippen LogP contribution is 2.31. The van der Waals surface area contributed by atoms with Gasteiger partial charge in [-0.1, -0.05) is 17.3 Å². The zero-order valence-corrected chi connectivity index (χ0v) is 16.8. The molecule has 0 N–H and O–H groups in total. The summed E-state index contributed by atoms with van der Waals surface area (Å²) >= 11 is 3.38. The van der Waals surface area contributed by atoms with Gasteiger partial charge in [0.2, 0.25) is 11.7 Å². The smallest absolute Gasteiger partial charge is 0.354 e. The zero-order valence-electron chi connectivity index (χ0n) is 15.2. The monoisotopic (exact) mass is 467 g/mol. The van der Waals surface area contributed by atoms with Crippen molar-refractivity contribution in [1.29, 1.82) is 0 Å². The predicted octanol–water partition coefficient (Wildman–Crippen LogP) is 4.24. The number of alkyl halides is 3. The summed E-state index contributed by atoms with van der Waals surface area (Å²) in [5.41, 5.74) is -0.458. The van der Waals surface area contributed by atoms with Crippen molar-refractivity contribution in [2.45, 2.75) is 12.7 Å². The van der Waals surface area contributed by atoms with Crippen molar-refractivity contribution in [1.82, 2.24) is 20.0 Å². The first-order chi connectivity index (χ1) is 13.9. The molecular formula is C19H17BrF3N5O. The molecule has 6 nitrogen and oxygen atoms in total. The van der Waals surface area contributed by atoms with Gasteiger partial charge >= 0.3 is 6.18 Å². The van der Waals surface area contributed by atoms with E-state index in [1.807, 2.05) is 12.1 Å². The van der Waals surface area contributed by atoms with E-state index in [1.54, 1.807) is 6.20 Å². The molecule has 0 amide bonds. The molecule has 0 atom stereocenters. The minimum absolute atomic E-state index is 0.156. The van der Waals surface area contributed by atoms with Crippen molar-refractivity contribution >= 4 is 21.7 Å². The third-order valence-corrected chi connectivity index (χ3v) is 5.15. The Labute approximate surface area is 173 Å². The van der Waals surface area contributed by atoms with Crippen LogP contribution in [0.1, 0.15) is 11.5 Å². The van der Waals surface area contributed by atoms with E-state index in [2.05, 4.69) is 40.9 Å². The van der Waals surface area contributed by atoms with Crippen molar-refractivity contribution in [2.75, 3.05) is 31.1 Å². The minimum Gasteiger partial charge on any atom is -0.354 e. The lowest BCUT2D eigenvalue weighted by atomic mass is 10.1. The number of hydrogen-bond acceptors (Lipinski definition) is 6. The molecule has 4 rings (SSSR count). The summed E-state index contributed by atoms with van der Waals surface area (Å²) in [7, 11) is 0. The van der Waals surface area contributed by atoms with Gasteiger partial charge in [0, 0.05) is 42.4 Å². The van der Waals surface area contributed by atoms with Crippen LogP contribution >= 0.6 is 15.9 Å². The Morgan fingerprint density at radius 2 is 1.86 bits per heavy atom. The number of anilines is 1. The second-order valence-corrected chi connectivity index (χ2v) is 7.60. The maximum Gasteiger partial charge on any atom is 0.416 e. The standard InChI is InChI=1S/C19H17BrF3N5O/c20-15-4-5-16(24-11-15)28-8-6-27(7-9-28)12-17-25-18(26-29-17)13-2-1-3-14(10-13)19(21,22)23/h1-5,10-11H,6-9,12H2. The van der Waals surface area contributed by atoms with Crippen molar-refractivity contribution in [3.8, 4) is 11.4 Å². The van der Waals surface area contributed by atoms with E-state index in [9.17, 15) is 13.2 Å². The fourth-order valence-corrected chi connectivity index (χ4v) is 3.39. The van der Waals surface area contributed by atoms with Gasteiger partial charge in [0.25, 0.3) is 0 Å². The summed E-state index contributed by atoms with van der Waals surface area (Å²) in [6.07, 6.45) is -2.64. The molecule has 1 aliphatic rings. The Balaban J connectivity index is 1.37. The fourth-order valence-electron chi connectivity index (χ4n) is 3.15. The fraction of sp³-hybridized carbons (Fsp3) is 0.316. The third-order valence-electron chi connectivity index (χ3n) is 4.68. The molecule has 0 radical (unpaired) electrons. The van der Waals surface area contributed by atoms with E-state index in [0.717, 1.165) is 48.6 Å². The molecule has 1 aliphatic heterocycles. The van der Waals surface area contributed by atoms with Crippen LogP contribution in [0.4, 0.5) is 19.0 Å². The molecule has 0 spiro atoms. The van der Waals surface area contributed by atoms with Crippen LogP contribution in [0.15, 0.2) is 51.6 Å². The number of nitrogens with zero attached hydrogens (tertiary/aromatic N) is 5. The Hall–Kier alpha value is -2.46. The number of piperazine rings is 1. The molecule has 1 saturated heterocycles. The molecule has 0 saturated carbocycles. The number of hydrogen-bond donors (Lipinski definition) is 0. The summed E-state index contributed by atoms with van der Waals surface area (Å²) < 4.78 is 44.9. The van der Waals surface area contributed by atoms with Gasteiger partial charge in [-0.3, -0.25) is 4.90 Å². The first kappa shape index (κ1) is 19.8. The van der Waals surface area contributed by atoms with Gasteiger partial charge in [0.1, 0.15) is 5.82 Å². The Kier molecular flexibility index (Phi) is 5.55. The lowest BCUT2D eigenvalue weighted by molar-refractivity contribution is -0.137. The van der Waals surface area contributed by atoms with E-state index < -0.39 is 11.7 Å². The number of pyridine rings is 1. The summed E-state index contributed by atoms with van der Waals surface area (Å²) in [5, 5.41) is 3.84. The Bertz CT molecular complexity index is 968. The van der Waals surface area contributed by atoms with Gasteiger partial charge < -0.3 is 9.42 Å². The number of benzene rings is 1. The highest BCUT2D eigenvalue weighted by Gasteiger charge is 2.31. The second-order valence-electron chi connectivity index (χ2n) is 6.69. The van der Waals surface area contributed by atoms with Crippen LogP contribution in [-0.2, 0) is 12.7 Å². The topological polar surface area (TPSA) is 58.3 Å². The van der Waals surface area contributed by atoms with Gasteiger partial charge in [0.05, 0.1) is 12.1 Å². The Morgan fingerprint density at radius 1 is 1.07 bits per heavy atom. The maximum absolute atomic E-state index is 12.9. The Morgan fingerprint density at radius 3 is 2.55 bits per heavy atom. The van der Waals surface area contributed by atoms with E-state index in [4.69, 9.17) is 4.52 Å². The molecule has 10 heteroatoms. The number of halogens is 4. The molecule has 29 heavy (non-hydrogen) atoms. The van der Waals surface area contributed by atoms with Crippen LogP contribution in [0, 0.1) is 0 Å². The molecule has 152 valence electrons. The summed E-state index contributed by atoms with van der Waals surface area (Å²) in [4.78, 5) is 13.0. The molecule has 0 aliphatic carbocycles. The molecule has 0 bridgehead atoms. The zero-order chi connectivity index (χ0) is 20.4. The predicted molar refractivity (Wildman–Crippen MR) is 104 cm³/mol. The SMILES string of the molecule is FC(F)(F)c1cccc(-c2noc(CN3CCN(c4ccc(Br)cn4)CC3)n2)c1. The number of aromatic nitrogens is 3. The van der Waals surface area contributed by atoms with Gasteiger partial charge in [0.15, 0.2) is 0 Å². The van der Waals surface area contributed by atoms with E-state index in [-0.39, 0.29) is 11.4 Å². The summed E-state index contributed by atoms with van der Waals surface area (Å²) in [5.74, 6) is 1.47. The summed E-state index contributed by atoms with van der Waals surface area (Å²) in [6.45, 7) is 3.65. The van der Waals surface area contributed by atoms with Crippen LogP contribution < -0.4 is 4.90 Å². The molecule has 1 fully saturated rings. The first-order valence-electron chi connectivity index (χ1n) is 8.97. The molecule has 3 heterocycles. The molecule has 1 aromatic carbocycles. The molecule has 2 aromatic heterocycles.